The third-order valence-electron chi connectivity index (χ3n) is 2.88. The molecular weight excluding hydrogens is 277 g/mol. The van der Waals surface area contributed by atoms with Gasteiger partial charge in [-0.15, -0.1) is 0 Å². The zero-order valence-electron chi connectivity index (χ0n) is 11.3. The highest BCUT2D eigenvalue weighted by atomic mass is 19.1. The van der Waals surface area contributed by atoms with Crippen LogP contribution < -0.4 is 15.2 Å². The van der Waals surface area contributed by atoms with Gasteiger partial charge in [-0.25, -0.2) is 9.18 Å². The van der Waals surface area contributed by atoms with Crippen molar-refractivity contribution >= 4 is 11.7 Å². The molecule has 21 heavy (non-hydrogen) atoms. The van der Waals surface area contributed by atoms with Gasteiger partial charge in [-0.2, -0.15) is 0 Å². The molecule has 0 spiro atoms. The van der Waals surface area contributed by atoms with E-state index in [0.29, 0.717) is 11.4 Å². The van der Waals surface area contributed by atoms with Crippen LogP contribution >= 0.6 is 0 Å². The monoisotopic (exact) mass is 291 g/mol. The molecule has 0 aliphatic heterocycles. The predicted octanol–water partition coefficient (Wildman–Crippen LogP) is 2.69. The lowest BCUT2D eigenvalue weighted by atomic mass is 10.1. The fourth-order valence-corrected chi connectivity index (χ4v) is 1.76. The highest BCUT2D eigenvalue weighted by molar-refractivity contribution is 5.91. The fraction of sp³-hybridized carbons (Fsp3) is 0.133. The minimum absolute atomic E-state index is 0.0295. The van der Waals surface area contributed by atoms with Crippen molar-refractivity contribution in [2.75, 3.05) is 12.8 Å². The van der Waals surface area contributed by atoms with E-state index < -0.39 is 11.8 Å². The van der Waals surface area contributed by atoms with Crippen molar-refractivity contribution in [3.05, 3.63) is 53.3 Å². The Morgan fingerprint density at radius 2 is 2.05 bits per heavy atom. The molecule has 0 atom stereocenters. The Bertz CT molecular complexity index is 673. The van der Waals surface area contributed by atoms with Gasteiger partial charge in [0.25, 0.3) is 0 Å². The summed E-state index contributed by atoms with van der Waals surface area (Å²) < 4.78 is 24.1. The molecule has 2 rings (SSSR count). The lowest BCUT2D eigenvalue weighted by Crippen LogP contribution is -2.05. The summed E-state index contributed by atoms with van der Waals surface area (Å²) in [5.41, 5.74) is 6.22. The van der Waals surface area contributed by atoms with Crippen LogP contribution in [0, 0.1) is 5.82 Å². The number of carboxylic acid groups (broad SMARTS) is 1. The Hall–Kier alpha value is -2.76. The molecule has 0 unspecified atom stereocenters. The van der Waals surface area contributed by atoms with E-state index in [1.54, 1.807) is 6.07 Å². The topological polar surface area (TPSA) is 81.8 Å². The number of carboxylic acids is 1. The van der Waals surface area contributed by atoms with E-state index in [2.05, 4.69) is 0 Å². The molecule has 2 aromatic carbocycles. The van der Waals surface area contributed by atoms with Crippen LogP contribution in [0.5, 0.6) is 11.5 Å². The van der Waals surface area contributed by atoms with Crippen molar-refractivity contribution in [3.8, 4) is 11.5 Å². The number of halogens is 1. The molecule has 110 valence electrons. The van der Waals surface area contributed by atoms with Gasteiger partial charge in [-0.3, -0.25) is 0 Å². The van der Waals surface area contributed by atoms with E-state index in [4.69, 9.17) is 20.3 Å². The van der Waals surface area contributed by atoms with E-state index in [1.165, 1.54) is 37.4 Å². The van der Waals surface area contributed by atoms with E-state index in [-0.39, 0.29) is 23.5 Å². The minimum Gasteiger partial charge on any atom is -0.497 e. The average molecular weight is 291 g/mol. The van der Waals surface area contributed by atoms with Gasteiger partial charge in [0.2, 0.25) is 0 Å². The van der Waals surface area contributed by atoms with E-state index in [9.17, 15) is 9.18 Å². The highest BCUT2D eigenvalue weighted by Gasteiger charge is 2.13. The van der Waals surface area contributed by atoms with Gasteiger partial charge in [-0.05, 0) is 24.3 Å². The summed E-state index contributed by atoms with van der Waals surface area (Å²) in [5.74, 6) is -1.14. The summed E-state index contributed by atoms with van der Waals surface area (Å²) in [6.07, 6.45) is 0. The first-order valence-electron chi connectivity index (χ1n) is 6.09. The first-order chi connectivity index (χ1) is 10.0. The van der Waals surface area contributed by atoms with Gasteiger partial charge in [0.1, 0.15) is 29.5 Å². The summed E-state index contributed by atoms with van der Waals surface area (Å²) in [4.78, 5) is 11.1. The SMILES string of the molecule is COc1ccc(COc2cc(N)ccc2C(=O)O)c(F)c1. The molecule has 0 saturated carbocycles. The number of ether oxygens (including phenoxy) is 2. The maximum absolute atomic E-state index is 13.8. The van der Waals surface area contributed by atoms with E-state index >= 15 is 0 Å². The zero-order valence-corrected chi connectivity index (χ0v) is 11.3. The Morgan fingerprint density at radius 1 is 1.29 bits per heavy atom. The van der Waals surface area contributed by atoms with E-state index in [1.807, 2.05) is 0 Å². The molecule has 5 nitrogen and oxygen atoms in total. The lowest BCUT2D eigenvalue weighted by Gasteiger charge is -2.11. The number of nitrogens with two attached hydrogens (primary N) is 1. The van der Waals surface area contributed by atoms with Crippen molar-refractivity contribution in [1.29, 1.82) is 0 Å². The number of aromatic carboxylic acids is 1. The van der Waals surface area contributed by atoms with Crippen molar-refractivity contribution < 1.29 is 23.8 Å². The van der Waals surface area contributed by atoms with Crippen LogP contribution in [0.15, 0.2) is 36.4 Å². The second-order valence-electron chi connectivity index (χ2n) is 4.31. The summed E-state index contributed by atoms with van der Waals surface area (Å²) in [6, 6.07) is 8.54. The molecule has 0 saturated heterocycles. The highest BCUT2D eigenvalue weighted by Crippen LogP contribution is 2.24. The molecule has 0 heterocycles. The molecule has 0 amide bonds. The van der Waals surface area contributed by atoms with Crippen molar-refractivity contribution in [3.63, 3.8) is 0 Å². The third-order valence-corrected chi connectivity index (χ3v) is 2.88. The standard InChI is InChI=1S/C15H14FNO4/c1-20-11-4-2-9(13(16)7-11)8-21-14-6-10(17)3-5-12(14)15(18)19/h2-7H,8,17H2,1H3,(H,18,19). The fourth-order valence-electron chi connectivity index (χ4n) is 1.76. The number of methoxy groups -OCH3 is 1. The van der Waals surface area contributed by atoms with Gasteiger partial charge in [0.05, 0.1) is 7.11 Å². The average Bonchev–Trinajstić information content (AvgIpc) is 2.45. The smallest absolute Gasteiger partial charge is 0.339 e. The minimum atomic E-state index is -1.14. The number of carbonyl (C=O) groups is 1. The Labute approximate surface area is 120 Å². The molecule has 0 aliphatic rings. The largest absolute Gasteiger partial charge is 0.497 e. The van der Waals surface area contributed by atoms with Crippen LogP contribution in [0.4, 0.5) is 10.1 Å². The molecule has 0 aromatic heterocycles. The summed E-state index contributed by atoms with van der Waals surface area (Å²) in [5, 5.41) is 9.07. The van der Waals surface area contributed by atoms with Crippen LogP contribution in [0.3, 0.4) is 0 Å². The maximum atomic E-state index is 13.8. The summed E-state index contributed by atoms with van der Waals surface area (Å²) in [7, 11) is 1.44. The second-order valence-corrected chi connectivity index (χ2v) is 4.31. The second kappa shape index (κ2) is 6.13. The number of benzene rings is 2. The van der Waals surface area contributed by atoms with Gasteiger partial charge in [-0.1, -0.05) is 0 Å². The van der Waals surface area contributed by atoms with Crippen LogP contribution in [0.25, 0.3) is 0 Å². The zero-order chi connectivity index (χ0) is 15.4. The van der Waals surface area contributed by atoms with Crippen LogP contribution in [-0.4, -0.2) is 18.2 Å². The summed E-state index contributed by atoms with van der Waals surface area (Å²) in [6.45, 7) is -0.112. The van der Waals surface area contributed by atoms with Gasteiger partial charge >= 0.3 is 5.97 Å². The Balaban J connectivity index is 2.20. The first kappa shape index (κ1) is 14.6. The number of nitrogen functional groups attached to an aromatic ring is 1. The van der Waals surface area contributed by atoms with Crippen molar-refractivity contribution in [1.82, 2.24) is 0 Å². The first-order valence-corrected chi connectivity index (χ1v) is 6.09. The quantitative estimate of drug-likeness (QED) is 0.828. The summed E-state index contributed by atoms with van der Waals surface area (Å²) >= 11 is 0. The number of rotatable bonds is 5. The van der Waals surface area contributed by atoms with Crippen LogP contribution in [-0.2, 0) is 6.61 Å². The van der Waals surface area contributed by atoms with Crippen LogP contribution in [0.2, 0.25) is 0 Å². The lowest BCUT2D eigenvalue weighted by molar-refractivity contribution is 0.0692. The molecule has 3 N–H and O–H groups in total. The maximum Gasteiger partial charge on any atom is 0.339 e. The molecule has 0 aliphatic carbocycles. The Kier molecular flexibility index (Phi) is 4.27. The predicted molar refractivity (Wildman–Crippen MR) is 75.1 cm³/mol. The Morgan fingerprint density at radius 3 is 2.67 bits per heavy atom. The molecular formula is C15H14FNO4. The van der Waals surface area contributed by atoms with Crippen molar-refractivity contribution in [2.24, 2.45) is 0 Å². The number of anilines is 1. The molecule has 6 heteroatoms. The third kappa shape index (κ3) is 3.42. The van der Waals surface area contributed by atoms with Gasteiger partial charge in [0, 0.05) is 23.4 Å². The van der Waals surface area contributed by atoms with Crippen LogP contribution in [0.1, 0.15) is 15.9 Å². The molecule has 0 radical (unpaired) electrons. The van der Waals surface area contributed by atoms with Crippen molar-refractivity contribution in [2.45, 2.75) is 6.61 Å². The normalized spacial score (nSPS) is 10.2. The number of hydrogen-bond donors (Lipinski definition) is 2. The van der Waals surface area contributed by atoms with Gasteiger partial charge < -0.3 is 20.3 Å². The molecule has 2 aromatic rings. The van der Waals surface area contributed by atoms with E-state index in [0.717, 1.165) is 0 Å². The number of hydrogen-bond acceptors (Lipinski definition) is 4. The van der Waals surface area contributed by atoms with Gasteiger partial charge in [0.15, 0.2) is 0 Å². The molecule has 0 fully saturated rings. The molecule has 0 bridgehead atoms.